The molecule has 1 aliphatic rings. The Hall–Kier alpha value is -0.860. The molecule has 2 unspecified atom stereocenters. The number of nitriles is 1. The molecule has 18 heavy (non-hydrogen) atoms. The SMILES string of the molecule is N#CC1CCCC1NC(=O)c1cc(Br)cc(Br)c1. The van der Waals surface area contributed by atoms with Crippen LogP contribution in [0.3, 0.4) is 0 Å². The molecule has 0 radical (unpaired) electrons. The maximum absolute atomic E-state index is 12.1. The van der Waals surface area contributed by atoms with Crippen LogP contribution in [0.25, 0.3) is 0 Å². The van der Waals surface area contributed by atoms with Gasteiger partial charge in [0.1, 0.15) is 0 Å². The summed E-state index contributed by atoms with van der Waals surface area (Å²) in [6.07, 6.45) is 2.77. The highest BCUT2D eigenvalue weighted by Gasteiger charge is 2.28. The van der Waals surface area contributed by atoms with Gasteiger partial charge in [0.05, 0.1) is 12.0 Å². The van der Waals surface area contributed by atoms with E-state index in [1.54, 1.807) is 12.1 Å². The maximum Gasteiger partial charge on any atom is 0.251 e. The molecule has 1 fully saturated rings. The van der Waals surface area contributed by atoms with Gasteiger partial charge in [-0.25, -0.2) is 0 Å². The van der Waals surface area contributed by atoms with Gasteiger partial charge in [0.25, 0.3) is 5.91 Å². The van der Waals surface area contributed by atoms with Crippen LogP contribution in [0.2, 0.25) is 0 Å². The van der Waals surface area contributed by atoms with Gasteiger partial charge in [-0.1, -0.05) is 31.9 Å². The van der Waals surface area contributed by atoms with Crippen molar-refractivity contribution in [2.45, 2.75) is 25.3 Å². The molecule has 1 saturated carbocycles. The van der Waals surface area contributed by atoms with Crippen LogP contribution in [-0.2, 0) is 0 Å². The first-order chi connectivity index (χ1) is 8.60. The van der Waals surface area contributed by atoms with Crippen molar-refractivity contribution in [2.24, 2.45) is 5.92 Å². The number of nitrogens with one attached hydrogen (secondary N) is 1. The van der Waals surface area contributed by atoms with E-state index in [0.29, 0.717) is 5.56 Å². The van der Waals surface area contributed by atoms with Gasteiger partial charge in [-0.2, -0.15) is 5.26 Å². The Morgan fingerprint density at radius 1 is 1.28 bits per heavy atom. The number of nitrogens with zero attached hydrogens (tertiary/aromatic N) is 1. The summed E-state index contributed by atoms with van der Waals surface area (Å²) in [5.74, 6) is -0.173. The van der Waals surface area contributed by atoms with E-state index < -0.39 is 0 Å². The lowest BCUT2D eigenvalue weighted by molar-refractivity contribution is 0.0932. The van der Waals surface area contributed by atoms with Crippen molar-refractivity contribution in [3.8, 4) is 6.07 Å². The number of benzene rings is 1. The highest BCUT2D eigenvalue weighted by Crippen LogP contribution is 2.26. The monoisotopic (exact) mass is 370 g/mol. The quantitative estimate of drug-likeness (QED) is 0.862. The standard InChI is InChI=1S/C13H12Br2N2O/c14-10-4-9(5-11(15)6-10)13(18)17-12-3-1-2-8(12)7-16/h4-6,8,12H,1-3H2,(H,17,18). The van der Waals surface area contributed by atoms with Crippen molar-refractivity contribution in [1.29, 1.82) is 5.26 Å². The number of amides is 1. The zero-order chi connectivity index (χ0) is 13.1. The number of hydrogen-bond donors (Lipinski definition) is 1. The number of halogens is 2. The van der Waals surface area contributed by atoms with Crippen molar-refractivity contribution in [3.63, 3.8) is 0 Å². The van der Waals surface area contributed by atoms with Crippen LogP contribution in [0, 0.1) is 17.2 Å². The summed E-state index contributed by atoms with van der Waals surface area (Å²) in [5.41, 5.74) is 0.597. The third-order valence-corrected chi connectivity index (χ3v) is 4.04. The van der Waals surface area contributed by atoms with Crippen molar-refractivity contribution in [1.82, 2.24) is 5.32 Å². The predicted molar refractivity (Wildman–Crippen MR) is 76.1 cm³/mol. The molecule has 3 nitrogen and oxygen atoms in total. The molecule has 1 aromatic rings. The van der Waals surface area contributed by atoms with Gasteiger partial charge >= 0.3 is 0 Å². The van der Waals surface area contributed by atoms with E-state index in [0.717, 1.165) is 28.2 Å². The van der Waals surface area contributed by atoms with E-state index in [1.165, 1.54) is 0 Å². The minimum Gasteiger partial charge on any atom is -0.348 e. The summed E-state index contributed by atoms with van der Waals surface area (Å²) >= 11 is 6.71. The van der Waals surface area contributed by atoms with Crippen molar-refractivity contribution < 1.29 is 4.79 Å². The Bertz CT molecular complexity index is 490. The van der Waals surface area contributed by atoms with Gasteiger partial charge in [0, 0.05) is 20.6 Å². The second-order valence-corrected chi connectivity index (χ2v) is 6.24. The van der Waals surface area contributed by atoms with Gasteiger partial charge in [-0.05, 0) is 37.5 Å². The second kappa shape index (κ2) is 5.85. The zero-order valence-corrected chi connectivity index (χ0v) is 12.8. The Balaban J connectivity index is 2.10. The summed E-state index contributed by atoms with van der Waals surface area (Å²) in [7, 11) is 0. The lowest BCUT2D eigenvalue weighted by Crippen LogP contribution is -2.36. The molecular formula is C13H12Br2N2O. The molecule has 2 rings (SSSR count). The van der Waals surface area contributed by atoms with Crippen LogP contribution < -0.4 is 5.32 Å². The van der Waals surface area contributed by atoms with E-state index >= 15 is 0 Å². The van der Waals surface area contributed by atoms with Crippen molar-refractivity contribution >= 4 is 37.8 Å². The molecule has 0 spiro atoms. The third kappa shape index (κ3) is 3.12. The summed E-state index contributed by atoms with van der Waals surface area (Å²) in [6.45, 7) is 0. The first-order valence-electron chi connectivity index (χ1n) is 5.76. The van der Waals surface area contributed by atoms with E-state index in [2.05, 4.69) is 43.2 Å². The Morgan fingerprint density at radius 3 is 2.56 bits per heavy atom. The van der Waals surface area contributed by atoms with Gasteiger partial charge in [0.15, 0.2) is 0 Å². The van der Waals surface area contributed by atoms with E-state index in [-0.39, 0.29) is 17.9 Å². The lowest BCUT2D eigenvalue weighted by atomic mass is 10.1. The topological polar surface area (TPSA) is 52.9 Å². The lowest BCUT2D eigenvalue weighted by Gasteiger charge is -2.15. The molecule has 5 heteroatoms. The second-order valence-electron chi connectivity index (χ2n) is 4.40. The maximum atomic E-state index is 12.1. The summed E-state index contributed by atoms with van der Waals surface area (Å²) in [6, 6.07) is 7.67. The smallest absolute Gasteiger partial charge is 0.251 e. The molecule has 1 amide bonds. The van der Waals surface area contributed by atoms with Crippen LogP contribution >= 0.6 is 31.9 Å². The molecule has 0 aromatic heterocycles. The third-order valence-electron chi connectivity index (χ3n) is 3.12. The van der Waals surface area contributed by atoms with E-state index in [4.69, 9.17) is 5.26 Å². The highest BCUT2D eigenvalue weighted by molar-refractivity contribution is 9.11. The molecule has 0 aliphatic heterocycles. The highest BCUT2D eigenvalue weighted by atomic mass is 79.9. The largest absolute Gasteiger partial charge is 0.348 e. The molecule has 0 bridgehead atoms. The number of hydrogen-bond acceptors (Lipinski definition) is 2. The fraction of sp³-hybridized carbons (Fsp3) is 0.385. The van der Waals surface area contributed by atoms with E-state index in [1.807, 2.05) is 6.07 Å². The van der Waals surface area contributed by atoms with Gasteiger partial charge in [-0.3, -0.25) is 4.79 Å². The van der Waals surface area contributed by atoms with Crippen LogP contribution in [0.5, 0.6) is 0 Å². The minimum absolute atomic E-state index is 0.0137. The molecule has 0 heterocycles. The molecule has 0 saturated heterocycles. The molecular weight excluding hydrogens is 360 g/mol. The van der Waals surface area contributed by atoms with Gasteiger partial charge in [0.2, 0.25) is 0 Å². The van der Waals surface area contributed by atoms with E-state index in [9.17, 15) is 4.79 Å². The zero-order valence-electron chi connectivity index (χ0n) is 9.62. The first-order valence-corrected chi connectivity index (χ1v) is 7.35. The van der Waals surface area contributed by atoms with Crippen molar-refractivity contribution in [2.75, 3.05) is 0 Å². The number of carbonyl (C=O) groups excluding carboxylic acids is 1. The van der Waals surface area contributed by atoms with Crippen LogP contribution in [0.1, 0.15) is 29.6 Å². The van der Waals surface area contributed by atoms with Gasteiger partial charge in [-0.15, -0.1) is 0 Å². The summed E-state index contributed by atoms with van der Waals surface area (Å²) in [4.78, 5) is 12.1. The Labute approximate surface area is 123 Å². The van der Waals surface area contributed by atoms with Gasteiger partial charge < -0.3 is 5.32 Å². The molecule has 2 atom stereocenters. The molecule has 94 valence electrons. The predicted octanol–water partition coefficient (Wildman–Crippen LogP) is 3.63. The normalized spacial score (nSPS) is 22.5. The number of rotatable bonds is 2. The van der Waals surface area contributed by atoms with Crippen molar-refractivity contribution in [3.05, 3.63) is 32.7 Å². The Kier molecular flexibility index (Phi) is 4.41. The van der Waals surface area contributed by atoms with Crippen LogP contribution in [-0.4, -0.2) is 11.9 Å². The minimum atomic E-state index is -0.121. The molecule has 1 N–H and O–H groups in total. The molecule has 1 aliphatic carbocycles. The fourth-order valence-corrected chi connectivity index (χ4v) is 3.52. The average molecular weight is 372 g/mol. The average Bonchev–Trinajstić information content (AvgIpc) is 2.75. The molecule has 1 aromatic carbocycles. The summed E-state index contributed by atoms with van der Waals surface area (Å²) < 4.78 is 1.70. The van der Waals surface area contributed by atoms with Crippen LogP contribution in [0.4, 0.5) is 0 Å². The first kappa shape index (κ1) is 13.6. The summed E-state index contributed by atoms with van der Waals surface area (Å²) in [5, 5.41) is 11.9. The Morgan fingerprint density at radius 2 is 1.94 bits per heavy atom. The number of carbonyl (C=O) groups is 1. The van der Waals surface area contributed by atoms with Crippen LogP contribution in [0.15, 0.2) is 27.1 Å². The fourth-order valence-electron chi connectivity index (χ4n) is 2.22.